The second-order valence-electron chi connectivity index (χ2n) is 9.84. The van der Waals surface area contributed by atoms with E-state index in [1.165, 1.54) is 0 Å². The van der Waals surface area contributed by atoms with Crippen LogP contribution in [-0.4, -0.2) is 18.5 Å². The molecule has 3 rings (SSSR count). The van der Waals surface area contributed by atoms with Gasteiger partial charge >= 0.3 is 11.9 Å². The molecule has 0 amide bonds. The fraction of sp³-hybridized carbons (Fsp3) is 0.448. The highest BCUT2D eigenvalue weighted by molar-refractivity contribution is 6.02. The summed E-state index contributed by atoms with van der Waals surface area (Å²) in [5.41, 5.74) is -0.550. The minimum absolute atomic E-state index is 0.192. The van der Waals surface area contributed by atoms with Crippen LogP contribution in [0.5, 0.6) is 0 Å². The van der Waals surface area contributed by atoms with E-state index in [0.29, 0.717) is 19.4 Å². The van der Waals surface area contributed by atoms with Gasteiger partial charge in [0.2, 0.25) is 0 Å². The summed E-state index contributed by atoms with van der Waals surface area (Å²) in [6.07, 6.45) is 2.76. The number of rotatable bonds is 10. The molecule has 0 aliphatic carbocycles. The van der Waals surface area contributed by atoms with Gasteiger partial charge in [0.1, 0.15) is 6.61 Å². The van der Waals surface area contributed by atoms with E-state index in [9.17, 15) is 9.59 Å². The van der Waals surface area contributed by atoms with Gasteiger partial charge in [0, 0.05) is 5.56 Å². The Hall–Kier alpha value is -2.88. The van der Waals surface area contributed by atoms with Crippen molar-refractivity contribution in [1.29, 1.82) is 0 Å². The summed E-state index contributed by atoms with van der Waals surface area (Å²) < 4.78 is 11.4. The van der Waals surface area contributed by atoms with Crippen LogP contribution in [0.2, 0.25) is 0 Å². The van der Waals surface area contributed by atoms with Crippen LogP contribution in [0.15, 0.2) is 54.6 Å². The van der Waals surface area contributed by atoms with Gasteiger partial charge < -0.3 is 9.47 Å². The number of carbonyl (C=O) groups is 2. The summed E-state index contributed by atoms with van der Waals surface area (Å²) in [7, 11) is 0. The van der Waals surface area contributed by atoms with Crippen LogP contribution in [0.1, 0.15) is 65.9 Å². The van der Waals surface area contributed by atoms with Crippen LogP contribution < -0.4 is 0 Å². The summed E-state index contributed by atoms with van der Waals surface area (Å²) in [6, 6.07) is 18.5. The van der Waals surface area contributed by atoms with Gasteiger partial charge in [-0.3, -0.25) is 9.59 Å². The molecule has 0 aliphatic rings. The third-order valence-corrected chi connectivity index (χ3v) is 6.62. The van der Waals surface area contributed by atoms with E-state index < -0.39 is 10.8 Å². The zero-order valence-electron chi connectivity index (χ0n) is 20.6. The first-order valence-electron chi connectivity index (χ1n) is 12.0. The third-order valence-electron chi connectivity index (χ3n) is 6.62. The summed E-state index contributed by atoms with van der Waals surface area (Å²) in [5, 5.41) is 4.41. The number of benzene rings is 3. The Balaban J connectivity index is 1.81. The van der Waals surface area contributed by atoms with Crippen molar-refractivity contribution in [2.45, 2.75) is 66.9 Å². The van der Waals surface area contributed by atoms with E-state index in [1.807, 2.05) is 52.0 Å². The third kappa shape index (κ3) is 5.55. The number of fused-ring (bicyclic) bond motifs is 2. The molecule has 4 nitrogen and oxygen atoms in total. The van der Waals surface area contributed by atoms with E-state index in [2.05, 4.69) is 37.3 Å². The highest BCUT2D eigenvalue weighted by Crippen LogP contribution is 2.39. The largest absolute Gasteiger partial charge is 0.465 e. The molecule has 3 aromatic rings. The van der Waals surface area contributed by atoms with Crippen LogP contribution in [0.25, 0.3) is 21.5 Å². The van der Waals surface area contributed by atoms with Gasteiger partial charge in [0.15, 0.2) is 0 Å². The smallest absolute Gasteiger partial charge is 0.312 e. The van der Waals surface area contributed by atoms with Crippen LogP contribution in [-0.2, 0) is 25.7 Å². The minimum atomic E-state index is -0.784. The number of esters is 2. The van der Waals surface area contributed by atoms with Crippen molar-refractivity contribution in [3.63, 3.8) is 0 Å². The average molecular weight is 449 g/mol. The second kappa shape index (κ2) is 10.4. The van der Waals surface area contributed by atoms with Gasteiger partial charge in [-0.25, -0.2) is 0 Å². The molecule has 0 aliphatic heterocycles. The van der Waals surface area contributed by atoms with Gasteiger partial charge in [-0.15, -0.1) is 0 Å². The van der Waals surface area contributed by atoms with Gasteiger partial charge in [0.25, 0.3) is 0 Å². The maximum absolute atomic E-state index is 13.3. The molecule has 0 radical (unpaired) electrons. The van der Waals surface area contributed by atoms with Crippen molar-refractivity contribution < 1.29 is 19.1 Å². The lowest BCUT2D eigenvalue weighted by molar-refractivity contribution is -0.164. The molecule has 33 heavy (non-hydrogen) atoms. The first kappa shape index (κ1) is 24.8. The Labute approximate surface area is 197 Å². The monoisotopic (exact) mass is 448 g/mol. The van der Waals surface area contributed by atoms with Crippen molar-refractivity contribution in [3.05, 3.63) is 60.2 Å². The van der Waals surface area contributed by atoms with Crippen LogP contribution in [0.3, 0.4) is 0 Å². The summed E-state index contributed by atoms with van der Waals surface area (Å²) in [6.45, 7) is 10.2. The predicted molar refractivity (Wildman–Crippen MR) is 134 cm³/mol. The van der Waals surface area contributed by atoms with Crippen molar-refractivity contribution in [3.8, 4) is 0 Å². The molecule has 0 fully saturated rings. The Morgan fingerprint density at radius 3 is 1.94 bits per heavy atom. The molecule has 1 atom stereocenters. The topological polar surface area (TPSA) is 52.6 Å². The zero-order chi connectivity index (χ0) is 24.1. The fourth-order valence-electron chi connectivity index (χ4n) is 4.47. The van der Waals surface area contributed by atoms with Crippen molar-refractivity contribution in [2.24, 2.45) is 10.8 Å². The molecular formula is C29H36O4. The molecule has 0 N–H and O–H groups in total. The summed E-state index contributed by atoms with van der Waals surface area (Å²) in [4.78, 5) is 26.0. The van der Waals surface area contributed by atoms with Gasteiger partial charge in [-0.1, -0.05) is 68.8 Å². The lowest BCUT2D eigenvalue weighted by Crippen LogP contribution is -2.38. The van der Waals surface area contributed by atoms with Gasteiger partial charge in [0.05, 0.1) is 17.4 Å². The molecule has 0 aromatic heterocycles. The standard InChI is InChI=1S/C29H36O4/c1-6-8-17-32-26(30)28(3,4)20-29(5,7-2)27(31)33-19-25-23-15-11-9-13-21(23)18-22-14-10-12-16-24(22)25/h9-16,18H,6-8,17,19-20H2,1-5H3. The second-order valence-corrected chi connectivity index (χ2v) is 9.84. The number of hydrogen-bond acceptors (Lipinski definition) is 4. The van der Waals surface area contributed by atoms with Crippen molar-refractivity contribution in [1.82, 2.24) is 0 Å². The molecule has 0 bridgehead atoms. The molecule has 0 saturated heterocycles. The molecule has 0 saturated carbocycles. The van der Waals surface area contributed by atoms with Crippen molar-refractivity contribution in [2.75, 3.05) is 6.61 Å². The first-order valence-corrected chi connectivity index (χ1v) is 12.0. The lowest BCUT2D eigenvalue weighted by atomic mass is 9.72. The number of unbranched alkanes of at least 4 members (excludes halogenated alkanes) is 1. The lowest BCUT2D eigenvalue weighted by Gasteiger charge is -2.33. The Kier molecular flexibility index (Phi) is 7.78. The zero-order valence-corrected chi connectivity index (χ0v) is 20.6. The molecule has 1 unspecified atom stereocenters. The van der Waals surface area contributed by atoms with Crippen LogP contribution in [0, 0.1) is 10.8 Å². The highest BCUT2D eigenvalue weighted by Gasteiger charge is 2.43. The predicted octanol–water partition coefficient (Wildman–Crippen LogP) is 7.21. The summed E-state index contributed by atoms with van der Waals surface area (Å²) >= 11 is 0. The minimum Gasteiger partial charge on any atom is -0.465 e. The molecule has 4 heteroatoms. The molecular weight excluding hydrogens is 412 g/mol. The van der Waals surface area contributed by atoms with Gasteiger partial charge in [-0.2, -0.15) is 0 Å². The Morgan fingerprint density at radius 2 is 1.39 bits per heavy atom. The summed E-state index contributed by atoms with van der Waals surface area (Å²) in [5.74, 6) is -0.542. The first-order chi connectivity index (χ1) is 15.7. The van der Waals surface area contributed by atoms with Crippen LogP contribution >= 0.6 is 0 Å². The Bertz CT molecular complexity index is 1080. The average Bonchev–Trinajstić information content (AvgIpc) is 2.81. The number of ether oxygens (including phenoxy) is 2. The van der Waals surface area contributed by atoms with E-state index in [4.69, 9.17) is 9.47 Å². The van der Waals surface area contributed by atoms with Crippen molar-refractivity contribution >= 4 is 33.5 Å². The highest BCUT2D eigenvalue weighted by atomic mass is 16.5. The van der Waals surface area contributed by atoms with E-state index >= 15 is 0 Å². The number of hydrogen-bond donors (Lipinski definition) is 0. The van der Waals surface area contributed by atoms with Crippen LogP contribution in [0.4, 0.5) is 0 Å². The maximum Gasteiger partial charge on any atom is 0.312 e. The molecule has 0 heterocycles. The molecule has 176 valence electrons. The van der Waals surface area contributed by atoms with E-state index in [-0.39, 0.29) is 18.5 Å². The fourth-order valence-corrected chi connectivity index (χ4v) is 4.47. The SMILES string of the molecule is CCCCOC(=O)C(C)(C)CC(C)(CC)C(=O)OCc1c2ccccc2cc2ccccc12. The number of carbonyl (C=O) groups excluding carboxylic acids is 2. The van der Waals surface area contributed by atoms with Gasteiger partial charge in [-0.05, 0) is 67.6 Å². The molecule has 3 aromatic carbocycles. The van der Waals surface area contributed by atoms with E-state index in [1.54, 1.807) is 0 Å². The normalized spacial score (nSPS) is 13.6. The quantitative estimate of drug-likeness (QED) is 0.187. The Morgan fingerprint density at radius 1 is 0.818 bits per heavy atom. The maximum atomic E-state index is 13.3. The molecule has 0 spiro atoms. The van der Waals surface area contributed by atoms with E-state index in [0.717, 1.165) is 39.9 Å².